The third-order valence-corrected chi connectivity index (χ3v) is 7.88. The molecule has 0 radical (unpaired) electrons. The zero-order valence-corrected chi connectivity index (χ0v) is 17.6. The van der Waals surface area contributed by atoms with Gasteiger partial charge in [0.15, 0.2) is 11.1 Å². The Morgan fingerprint density at radius 2 is 1.85 bits per heavy atom. The fraction of sp³-hybridized carbons (Fsp3) is 0.455. The molecule has 1 N–H and O–H groups in total. The molecule has 0 amide bonds. The van der Waals surface area contributed by atoms with Gasteiger partial charge in [-0.15, -0.1) is 11.8 Å². The molecule has 4 atom stereocenters. The van der Waals surface area contributed by atoms with Crippen LogP contribution in [0.1, 0.15) is 50.3 Å². The SMILES string of the molecule is CCCCC1(CC)COS(=O)c2ccccc2C(Sc2ccccc2)C1O. The topological polar surface area (TPSA) is 46.5 Å². The van der Waals surface area contributed by atoms with E-state index in [1.54, 1.807) is 11.8 Å². The third-order valence-electron chi connectivity index (χ3n) is 5.51. The number of hydrogen-bond acceptors (Lipinski definition) is 4. The number of aliphatic hydroxyl groups excluding tert-OH is 1. The van der Waals surface area contributed by atoms with Crippen molar-refractivity contribution in [1.29, 1.82) is 0 Å². The van der Waals surface area contributed by atoms with Crippen LogP contribution in [0, 0.1) is 5.41 Å². The average Bonchev–Trinajstić information content (AvgIpc) is 2.72. The first-order valence-electron chi connectivity index (χ1n) is 9.65. The van der Waals surface area contributed by atoms with Crippen LogP contribution in [0.25, 0.3) is 0 Å². The van der Waals surface area contributed by atoms with Gasteiger partial charge in [-0.05, 0) is 36.6 Å². The van der Waals surface area contributed by atoms with Crippen molar-refractivity contribution in [3.8, 4) is 0 Å². The lowest BCUT2D eigenvalue weighted by Crippen LogP contribution is -2.43. The zero-order valence-electron chi connectivity index (χ0n) is 16.0. The van der Waals surface area contributed by atoms with Crippen LogP contribution in [0.3, 0.4) is 0 Å². The van der Waals surface area contributed by atoms with E-state index in [9.17, 15) is 9.32 Å². The maximum atomic E-state index is 12.8. The molecule has 2 aromatic carbocycles. The summed E-state index contributed by atoms with van der Waals surface area (Å²) in [5, 5.41) is 11.4. The Morgan fingerprint density at radius 3 is 2.56 bits per heavy atom. The summed E-state index contributed by atoms with van der Waals surface area (Å²) in [5.41, 5.74) is 0.511. The lowest BCUT2D eigenvalue weighted by molar-refractivity contribution is -0.0213. The first-order valence-corrected chi connectivity index (χ1v) is 11.6. The minimum atomic E-state index is -1.52. The first-order chi connectivity index (χ1) is 13.1. The zero-order chi connectivity index (χ0) is 19.3. The fourth-order valence-electron chi connectivity index (χ4n) is 3.69. The molecule has 0 saturated heterocycles. The molecule has 3 rings (SSSR count). The van der Waals surface area contributed by atoms with Gasteiger partial charge in [0, 0.05) is 10.3 Å². The second kappa shape index (κ2) is 9.37. The van der Waals surface area contributed by atoms with Gasteiger partial charge in [0.1, 0.15) is 0 Å². The molecule has 4 unspecified atom stereocenters. The van der Waals surface area contributed by atoms with Gasteiger partial charge in [0.05, 0.1) is 22.9 Å². The number of hydrogen-bond donors (Lipinski definition) is 1. The lowest BCUT2D eigenvalue weighted by Gasteiger charge is -2.42. The Balaban J connectivity index is 2.07. The maximum absolute atomic E-state index is 12.8. The van der Waals surface area contributed by atoms with Crippen LogP contribution < -0.4 is 0 Å². The highest BCUT2D eigenvalue weighted by Crippen LogP contribution is 2.49. The van der Waals surface area contributed by atoms with E-state index in [2.05, 4.69) is 26.0 Å². The summed E-state index contributed by atoms with van der Waals surface area (Å²) < 4.78 is 18.6. The van der Waals surface area contributed by atoms with E-state index in [0.29, 0.717) is 11.5 Å². The van der Waals surface area contributed by atoms with Crippen LogP contribution in [0.2, 0.25) is 0 Å². The monoisotopic (exact) mass is 404 g/mol. The second-order valence-electron chi connectivity index (χ2n) is 7.15. The normalized spacial score (nSPS) is 28.2. The Kier molecular flexibility index (Phi) is 7.15. The molecular weight excluding hydrogens is 376 g/mol. The van der Waals surface area contributed by atoms with Crippen molar-refractivity contribution in [2.75, 3.05) is 6.61 Å². The van der Waals surface area contributed by atoms with E-state index >= 15 is 0 Å². The molecule has 5 heteroatoms. The van der Waals surface area contributed by atoms with Gasteiger partial charge in [-0.2, -0.15) is 0 Å². The van der Waals surface area contributed by atoms with Crippen molar-refractivity contribution in [3.63, 3.8) is 0 Å². The van der Waals surface area contributed by atoms with Crippen LogP contribution in [-0.4, -0.2) is 22.0 Å². The highest BCUT2D eigenvalue weighted by molar-refractivity contribution is 7.99. The van der Waals surface area contributed by atoms with E-state index in [4.69, 9.17) is 4.18 Å². The smallest absolute Gasteiger partial charge is 0.189 e. The molecule has 3 nitrogen and oxygen atoms in total. The van der Waals surface area contributed by atoms with Gasteiger partial charge in [-0.1, -0.05) is 63.1 Å². The van der Waals surface area contributed by atoms with E-state index in [1.807, 2.05) is 42.5 Å². The molecule has 0 saturated carbocycles. The van der Waals surface area contributed by atoms with Crippen molar-refractivity contribution in [1.82, 2.24) is 0 Å². The largest absolute Gasteiger partial charge is 0.391 e. The molecule has 146 valence electrons. The summed E-state index contributed by atoms with van der Waals surface area (Å²) in [6, 6.07) is 17.8. The van der Waals surface area contributed by atoms with Crippen molar-refractivity contribution in [3.05, 3.63) is 60.2 Å². The summed E-state index contributed by atoms with van der Waals surface area (Å²) in [5.74, 6) is 0. The average molecular weight is 405 g/mol. The van der Waals surface area contributed by atoms with Gasteiger partial charge in [-0.25, -0.2) is 4.21 Å². The molecule has 0 bridgehead atoms. The summed E-state index contributed by atoms with van der Waals surface area (Å²) in [4.78, 5) is 1.77. The van der Waals surface area contributed by atoms with Crippen molar-refractivity contribution >= 4 is 22.8 Å². The van der Waals surface area contributed by atoms with Crippen molar-refractivity contribution < 1.29 is 13.5 Å². The quantitative estimate of drug-likeness (QED) is 0.688. The fourth-order valence-corrected chi connectivity index (χ4v) is 6.17. The molecule has 1 heterocycles. The lowest BCUT2D eigenvalue weighted by atomic mass is 9.74. The Morgan fingerprint density at radius 1 is 1.15 bits per heavy atom. The number of unbranched alkanes of at least 4 members (excludes halogenated alkanes) is 1. The maximum Gasteiger partial charge on any atom is 0.189 e. The van der Waals surface area contributed by atoms with Crippen LogP contribution in [-0.2, 0) is 15.3 Å². The number of thioether (sulfide) groups is 1. The second-order valence-corrected chi connectivity index (χ2v) is 9.51. The number of fused-ring (bicyclic) bond motifs is 1. The van der Waals surface area contributed by atoms with E-state index < -0.39 is 22.6 Å². The van der Waals surface area contributed by atoms with Crippen molar-refractivity contribution in [2.45, 2.75) is 60.7 Å². The molecule has 1 aliphatic heterocycles. The van der Waals surface area contributed by atoms with E-state index in [-0.39, 0.29) is 5.25 Å². The molecule has 27 heavy (non-hydrogen) atoms. The Hall–Kier alpha value is -1.14. The van der Waals surface area contributed by atoms with E-state index in [1.165, 1.54) is 0 Å². The molecule has 0 aromatic heterocycles. The molecule has 0 aliphatic carbocycles. The minimum Gasteiger partial charge on any atom is -0.391 e. The summed E-state index contributed by atoms with van der Waals surface area (Å²) >= 11 is 0.136. The van der Waals surface area contributed by atoms with Gasteiger partial charge in [-0.3, -0.25) is 4.18 Å². The molecule has 0 spiro atoms. The minimum absolute atomic E-state index is 0.187. The third kappa shape index (κ3) is 4.48. The summed E-state index contributed by atoms with van der Waals surface area (Å²) in [7, 11) is 0. The van der Waals surface area contributed by atoms with Crippen LogP contribution in [0.15, 0.2) is 64.4 Å². The number of benzene rings is 2. The summed E-state index contributed by atoms with van der Waals surface area (Å²) in [6.45, 7) is 4.57. The molecule has 0 fully saturated rings. The van der Waals surface area contributed by atoms with Gasteiger partial charge < -0.3 is 5.11 Å². The Labute approximate surface area is 169 Å². The number of aliphatic hydroxyl groups is 1. The van der Waals surface area contributed by atoms with Gasteiger partial charge in [0.25, 0.3) is 0 Å². The van der Waals surface area contributed by atoms with Crippen LogP contribution in [0.4, 0.5) is 0 Å². The van der Waals surface area contributed by atoms with Crippen LogP contribution in [0.5, 0.6) is 0 Å². The number of rotatable bonds is 6. The van der Waals surface area contributed by atoms with E-state index in [0.717, 1.165) is 36.1 Å². The van der Waals surface area contributed by atoms with Crippen LogP contribution >= 0.6 is 11.8 Å². The predicted molar refractivity (Wildman–Crippen MR) is 112 cm³/mol. The molecule has 1 aliphatic rings. The molecular formula is C22H28O3S2. The van der Waals surface area contributed by atoms with Gasteiger partial charge >= 0.3 is 0 Å². The molecule has 2 aromatic rings. The standard InChI is InChI=1S/C22H28O3S2/c1-3-5-15-22(4-2)16-25-27(24)19-14-10-9-13-18(19)20(21(22)23)26-17-11-7-6-8-12-17/h6-14,20-21,23H,3-5,15-16H2,1-2H3. The Bertz CT molecular complexity index is 765. The highest BCUT2D eigenvalue weighted by atomic mass is 32.2. The van der Waals surface area contributed by atoms with Gasteiger partial charge in [0.2, 0.25) is 0 Å². The van der Waals surface area contributed by atoms with Crippen molar-refractivity contribution in [2.24, 2.45) is 5.41 Å². The summed E-state index contributed by atoms with van der Waals surface area (Å²) in [6.07, 6.45) is 3.15. The first kappa shape index (κ1) is 20.6. The predicted octanol–water partition coefficient (Wildman–Crippen LogP) is 5.52. The highest BCUT2D eigenvalue weighted by Gasteiger charge is 2.44.